The molecule has 2 aromatic heterocycles. The van der Waals surface area contributed by atoms with Gasteiger partial charge in [0.05, 0.1) is 22.4 Å². The zero-order valence-corrected chi connectivity index (χ0v) is 35.1. The third-order valence-electron chi connectivity index (χ3n) is 12.3. The van der Waals surface area contributed by atoms with Crippen molar-refractivity contribution in [1.29, 1.82) is 0 Å². The first kappa shape index (κ1) is 36.8. The van der Waals surface area contributed by atoms with Crippen LogP contribution in [0.5, 0.6) is 0 Å². The van der Waals surface area contributed by atoms with E-state index in [-0.39, 0.29) is 0 Å². The van der Waals surface area contributed by atoms with E-state index in [4.69, 9.17) is 4.42 Å². The highest BCUT2D eigenvalue weighted by atomic mass is 32.1. The predicted molar refractivity (Wildman–Crippen MR) is 268 cm³/mol. The third kappa shape index (κ3) is 6.50. The smallest absolute Gasteiger partial charge is 0.145 e. The molecule has 2 heterocycles. The molecule has 0 radical (unpaired) electrons. The second-order valence-electron chi connectivity index (χ2n) is 16.0. The van der Waals surface area contributed by atoms with Crippen LogP contribution in [0.2, 0.25) is 0 Å². The molecule has 0 aliphatic rings. The van der Waals surface area contributed by atoms with Crippen molar-refractivity contribution < 1.29 is 4.42 Å². The fraction of sp³-hybridized carbons (Fsp3) is 0. The van der Waals surface area contributed by atoms with Crippen molar-refractivity contribution in [2.75, 3.05) is 4.90 Å². The Hall–Kier alpha value is -7.98. The summed E-state index contributed by atoms with van der Waals surface area (Å²) in [6, 6.07) is 85.3. The van der Waals surface area contributed by atoms with Crippen molar-refractivity contribution >= 4 is 70.5 Å². The zero-order valence-electron chi connectivity index (χ0n) is 34.3. The van der Waals surface area contributed by atoms with E-state index in [9.17, 15) is 0 Å². The Balaban J connectivity index is 1.18. The number of thiophene rings is 1. The number of rotatable bonds is 8. The van der Waals surface area contributed by atoms with E-state index in [1.54, 1.807) is 0 Å². The molecule has 0 bridgehead atoms. The first-order valence-corrected chi connectivity index (χ1v) is 22.2. The zero-order chi connectivity index (χ0) is 41.7. The van der Waals surface area contributed by atoms with Crippen LogP contribution < -0.4 is 4.90 Å². The van der Waals surface area contributed by atoms with Crippen LogP contribution in [0.25, 0.3) is 97.7 Å². The van der Waals surface area contributed by atoms with Crippen LogP contribution in [0.4, 0.5) is 17.1 Å². The van der Waals surface area contributed by atoms with Gasteiger partial charge in [-0.05, 0) is 99.1 Å². The average molecular weight is 822 g/mol. The molecular formula is C60H39NOS. The first-order chi connectivity index (χ1) is 31.2. The molecule has 0 spiro atoms. The Kier molecular flexibility index (Phi) is 9.06. The van der Waals surface area contributed by atoms with Crippen molar-refractivity contribution in [3.8, 4) is 55.6 Å². The molecule has 63 heavy (non-hydrogen) atoms. The van der Waals surface area contributed by atoms with Crippen LogP contribution in [0, 0.1) is 0 Å². The van der Waals surface area contributed by atoms with E-state index in [1.807, 2.05) is 11.3 Å². The van der Waals surface area contributed by atoms with E-state index in [1.165, 1.54) is 36.9 Å². The molecule has 12 rings (SSSR count). The van der Waals surface area contributed by atoms with Crippen molar-refractivity contribution in [3.63, 3.8) is 0 Å². The standard InChI is InChI=1S/C60H39NOS/c1-6-17-40(18-7-1)45-31-35-52(51(37-45)44-25-14-5-15-26-44)61(53-27-16-28-56-58(53)50-33-30-47(39-57(50)63-56)42-21-10-3-11-22-42)54-36-34-48(43-23-12-4-13-24-43)60-59(54)49-32-29-46(38-55(49)62-60)41-19-8-2-9-20-41/h1-39H. The summed E-state index contributed by atoms with van der Waals surface area (Å²) in [7, 11) is 0. The van der Waals surface area contributed by atoms with Crippen molar-refractivity contribution in [2.24, 2.45) is 0 Å². The first-order valence-electron chi connectivity index (χ1n) is 21.4. The minimum atomic E-state index is 0.853. The highest BCUT2D eigenvalue weighted by Crippen LogP contribution is 2.52. The number of benzene rings is 10. The summed E-state index contributed by atoms with van der Waals surface area (Å²) in [4.78, 5) is 2.51. The van der Waals surface area contributed by atoms with Gasteiger partial charge in [0.2, 0.25) is 0 Å². The van der Waals surface area contributed by atoms with E-state index in [2.05, 4.69) is 241 Å². The minimum absolute atomic E-state index is 0.853. The number of fused-ring (bicyclic) bond motifs is 6. The largest absolute Gasteiger partial charge is 0.455 e. The minimum Gasteiger partial charge on any atom is -0.455 e. The van der Waals surface area contributed by atoms with Gasteiger partial charge in [-0.25, -0.2) is 0 Å². The fourth-order valence-electron chi connectivity index (χ4n) is 9.29. The lowest BCUT2D eigenvalue weighted by atomic mass is 9.94. The summed E-state index contributed by atoms with van der Waals surface area (Å²) < 4.78 is 9.62. The Morgan fingerprint density at radius 1 is 0.302 bits per heavy atom. The highest BCUT2D eigenvalue weighted by Gasteiger charge is 2.27. The van der Waals surface area contributed by atoms with Crippen LogP contribution in [0.3, 0.4) is 0 Å². The van der Waals surface area contributed by atoms with E-state index in [0.29, 0.717) is 0 Å². The second kappa shape index (κ2) is 15.5. The number of nitrogens with zero attached hydrogens (tertiary/aromatic N) is 1. The monoisotopic (exact) mass is 821 g/mol. The van der Waals surface area contributed by atoms with Crippen LogP contribution in [0.1, 0.15) is 0 Å². The Bertz CT molecular complexity index is 3600. The number of hydrogen-bond acceptors (Lipinski definition) is 3. The van der Waals surface area contributed by atoms with Gasteiger partial charge in [-0.2, -0.15) is 0 Å². The fourth-order valence-corrected chi connectivity index (χ4v) is 10.5. The summed E-state index contributed by atoms with van der Waals surface area (Å²) >= 11 is 1.85. The van der Waals surface area contributed by atoms with Gasteiger partial charge in [-0.3, -0.25) is 0 Å². The molecule has 2 nitrogen and oxygen atoms in total. The molecule has 0 saturated heterocycles. The molecule has 0 aliphatic carbocycles. The molecule has 0 fully saturated rings. The SMILES string of the molecule is c1ccc(-c2ccc(N(c3cccc4sc5cc(-c6ccccc6)ccc5c34)c3ccc(-c4ccccc4)c4oc5cc(-c6ccccc6)ccc5c34)c(-c3ccccc3)c2)cc1. The molecule has 12 aromatic rings. The lowest BCUT2D eigenvalue weighted by Gasteiger charge is -2.30. The molecule has 3 heteroatoms. The molecule has 0 unspecified atom stereocenters. The third-order valence-corrected chi connectivity index (χ3v) is 13.4. The van der Waals surface area contributed by atoms with Gasteiger partial charge < -0.3 is 9.32 Å². The van der Waals surface area contributed by atoms with Crippen molar-refractivity contribution in [3.05, 3.63) is 237 Å². The quantitative estimate of drug-likeness (QED) is 0.152. The Labute approximate surface area is 370 Å². The van der Waals surface area contributed by atoms with Crippen LogP contribution in [-0.2, 0) is 0 Å². The van der Waals surface area contributed by atoms with E-state index in [0.717, 1.165) is 77.9 Å². The van der Waals surface area contributed by atoms with Gasteiger partial charge in [0.25, 0.3) is 0 Å². The van der Waals surface area contributed by atoms with Crippen LogP contribution in [-0.4, -0.2) is 0 Å². The molecule has 0 saturated carbocycles. The molecule has 0 N–H and O–H groups in total. The Morgan fingerprint density at radius 3 is 1.41 bits per heavy atom. The van der Waals surface area contributed by atoms with Gasteiger partial charge in [0.1, 0.15) is 11.2 Å². The summed E-state index contributed by atoms with van der Waals surface area (Å²) in [5, 5.41) is 4.60. The predicted octanol–water partition coefficient (Wildman–Crippen LogP) is 17.8. The number of anilines is 3. The summed E-state index contributed by atoms with van der Waals surface area (Å²) in [5.41, 5.74) is 16.5. The summed E-state index contributed by atoms with van der Waals surface area (Å²) in [6.45, 7) is 0. The van der Waals surface area contributed by atoms with E-state index < -0.39 is 0 Å². The number of hydrogen-bond donors (Lipinski definition) is 0. The normalized spacial score (nSPS) is 11.5. The van der Waals surface area contributed by atoms with Gasteiger partial charge in [-0.15, -0.1) is 11.3 Å². The van der Waals surface area contributed by atoms with Gasteiger partial charge >= 0.3 is 0 Å². The van der Waals surface area contributed by atoms with E-state index >= 15 is 0 Å². The van der Waals surface area contributed by atoms with Gasteiger partial charge in [0, 0.05) is 36.7 Å². The molecular weight excluding hydrogens is 783 g/mol. The van der Waals surface area contributed by atoms with Gasteiger partial charge in [-0.1, -0.05) is 182 Å². The molecule has 296 valence electrons. The Morgan fingerprint density at radius 2 is 0.794 bits per heavy atom. The second-order valence-corrected chi connectivity index (χ2v) is 17.1. The summed E-state index contributed by atoms with van der Waals surface area (Å²) in [6.07, 6.45) is 0. The van der Waals surface area contributed by atoms with Crippen molar-refractivity contribution in [1.82, 2.24) is 0 Å². The number of furan rings is 1. The maximum atomic E-state index is 7.13. The van der Waals surface area contributed by atoms with Crippen LogP contribution in [0.15, 0.2) is 241 Å². The molecule has 10 aromatic carbocycles. The summed E-state index contributed by atoms with van der Waals surface area (Å²) in [5.74, 6) is 0. The lowest BCUT2D eigenvalue weighted by molar-refractivity contribution is 0.670. The highest BCUT2D eigenvalue weighted by molar-refractivity contribution is 7.26. The average Bonchev–Trinajstić information content (AvgIpc) is 3.94. The van der Waals surface area contributed by atoms with Crippen molar-refractivity contribution in [2.45, 2.75) is 0 Å². The topological polar surface area (TPSA) is 16.4 Å². The molecule has 0 atom stereocenters. The van der Waals surface area contributed by atoms with Crippen LogP contribution >= 0.6 is 11.3 Å². The molecule has 0 aliphatic heterocycles. The maximum absolute atomic E-state index is 7.13. The molecule has 0 amide bonds. The van der Waals surface area contributed by atoms with Gasteiger partial charge in [0.15, 0.2) is 0 Å². The lowest BCUT2D eigenvalue weighted by Crippen LogP contribution is -2.12. The maximum Gasteiger partial charge on any atom is 0.145 e.